The standard InChI is InChI=1S/C17H20N6O2S/c1-22-15(9-24)20-21-16(22)11-3-2-5-23(8-11)17(25)14-7-13(18-19-14)12-4-6-26-10-12/h4,6-7,10-11,24H,2-3,5,8-9H2,1H3,(H,18,19)/t11-/m0/s1. The Hall–Kier alpha value is -2.52. The van der Waals surface area contributed by atoms with E-state index in [1.165, 1.54) is 0 Å². The van der Waals surface area contributed by atoms with Crippen LogP contribution >= 0.6 is 11.3 Å². The third-order valence-corrected chi connectivity index (χ3v) is 5.52. The van der Waals surface area contributed by atoms with Gasteiger partial charge in [0.25, 0.3) is 5.91 Å². The maximum absolute atomic E-state index is 12.9. The highest BCUT2D eigenvalue weighted by atomic mass is 32.1. The Balaban J connectivity index is 1.50. The molecule has 3 aromatic rings. The first-order chi connectivity index (χ1) is 12.7. The molecular weight excluding hydrogens is 352 g/mol. The molecule has 3 aromatic heterocycles. The van der Waals surface area contributed by atoms with E-state index in [4.69, 9.17) is 0 Å². The molecule has 1 saturated heterocycles. The van der Waals surface area contributed by atoms with E-state index in [9.17, 15) is 9.90 Å². The molecule has 1 fully saturated rings. The van der Waals surface area contributed by atoms with E-state index in [0.29, 0.717) is 24.6 Å². The van der Waals surface area contributed by atoms with E-state index in [0.717, 1.165) is 29.9 Å². The minimum atomic E-state index is -0.141. The quantitative estimate of drug-likeness (QED) is 0.727. The Morgan fingerprint density at radius 1 is 1.46 bits per heavy atom. The highest BCUT2D eigenvalue weighted by Gasteiger charge is 2.29. The van der Waals surface area contributed by atoms with Crippen molar-refractivity contribution in [1.82, 2.24) is 29.9 Å². The number of thiophene rings is 1. The van der Waals surface area contributed by atoms with Crippen molar-refractivity contribution in [3.05, 3.63) is 40.2 Å². The molecule has 1 amide bonds. The molecule has 0 aliphatic carbocycles. The Morgan fingerprint density at radius 3 is 3.08 bits per heavy atom. The average Bonchev–Trinajstić information content (AvgIpc) is 3.41. The molecule has 0 bridgehead atoms. The lowest BCUT2D eigenvalue weighted by Gasteiger charge is -2.31. The molecule has 0 radical (unpaired) electrons. The molecule has 26 heavy (non-hydrogen) atoms. The second kappa shape index (κ2) is 7.00. The number of aromatic nitrogens is 5. The van der Waals surface area contributed by atoms with Gasteiger partial charge in [-0.25, -0.2) is 0 Å². The highest BCUT2D eigenvalue weighted by Crippen LogP contribution is 2.27. The number of aliphatic hydroxyl groups excluding tert-OH is 1. The number of amides is 1. The summed E-state index contributed by atoms with van der Waals surface area (Å²) in [7, 11) is 1.85. The van der Waals surface area contributed by atoms with Crippen molar-refractivity contribution >= 4 is 17.2 Å². The number of nitrogens with zero attached hydrogens (tertiary/aromatic N) is 5. The molecule has 0 aromatic carbocycles. The van der Waals surface area contributed by atoms with Gasteiger partial charge in [-0.2, -0.15) is 16.4 Å². The van der Waals surface area contributed by atoms with Gasteiger partial charge in [0.1, 0.15) is 18.1 Å². The number of nitrogens with one attached hydrogen (secondary N) is 1. The van der Waals surface area contributed by atoms with Crippen LogP contribution < -0.4 is 0 Å². The van der Waals surface area contributed by atoms with Gasteiger partial charge in [0, 0.05) is 37.0 Å². The molecule has 4 heterocycles. The topological polar surface area (TPSA) is 99.9 Å². The van der Waals surface area contributed by atoms with Gasteiger partial charge >= 0.3 is 0 Å². The molecule has 1 atom stereocenters. The number of carbonyl (C=O) groups is 1. The van der Waals surface area contributed by atoms with Crippen molar-refractivity contribution in [3.63, 3.8) is 0 Å². The largest absolute Gasteiger partial charge is 0.388 e. The van der Waals surface area contributed by atoms with Crippen LogP contribution in [-0.4, -0.2) is 54.0 Å². The maximum Gasteiger partial charge on any atom is 0.271 e. The molecule has 8 nitrogen and oxygen atoms in total. The van der Waals surface area contributed by atoms with Gasteiger partial charge in [-0.1, -0.05) is 0 Å². The molecule has 9 heteroatoms. The molecule has 0 unspecified atom stereocenters. The monoisotopic (exact) mass is 372 g/mol. The van der Waals surface area contributed by atoms with Gasteiger partial charge < -0.3 is 14.6 Å². The predicted molar refractivity (Wildman–Crippen MR) is 96.7 cm³/mol. The van der Waals surface area contributed by atoms with Crippen LogP contribution in [0.4, 0.5) is 0 Å². The molecular formula is C17H20N6O2S. The van der Waals surface area contributed by atoms with E-state index >= 15 is 0 Å². The van der Waals surface area contributed by atoms with Crippen LogP contribution in [0.3, 0.4) is 0 Å². The van der Waals surface area contributed by atoms with Crippen LogP contribution in [-0.2, 0) is 13.7 Å². The van der Waals surface area contributed by atoms with E-state index < -0.39 is 0 Å². The molecule has 0 spiro atoms. The van der Waals surface area contributed by atoms with Crippen molar-refractivity contribution in [2.24, 2.45) is 7.05 Å². The maximum atomic E-state index is 12.9. The third kappa shape index (κ3) is 3.04. The SMILES string of the molecule is Cn1c(CO)nnc1[C@H]1CCCN(C(=O)c2cc(-c3ccsc3)n[nH]2)C1. The summed E-state index contributed by atoms with van der Waals surface area (Å²) < 4.78 is 1.82. The summed E-state index contributed by atoms with van der Waals surface area (Å²) in [6.07, 6.45) is 1.85. The van der Waals surface area contributed by atoms with Crippen molar-refractivity contribution < 1.29 is 9.90 Å². The van der Waals surface area contributed by atoms with Gasteiger partial charge in [0.05, 0.1) is 5.69 Å². The number of carbonyl (C=O) groups excluding carboxylic acids is 1. The number of H-pyrrole nitrogens is 1. The second-order valence-electron chi connectivity index (χ2n) is 6.46. The van der Waals surface area contributed by atoms with Crippen molar-refractivity contribution in [2.75, 3.05) is 13.1 Å². The van der Waals surface area contributed by atoms with Crippen LogP contribution in [0.2, 0.25) is 0 Å². The van der Waals surface area contributed by atoms with E-state index in [-0.39, 0.29) is 18.4 Å². The number of rotatable bonds is 4. The summed E-state index contributed by atoms with van der Waals surface area (Å²) >= 11 is 1.60. The number of hydrogen-bond donors (Lipinski definition) is 2. The first-order valence-electron chi connectivity index (χ1n) is 8.53. The van der Waals surface area contributed by atoms with Crippen LogP contribution in [0.25, 0.3) is 11.3 Å². The summed E-state index contributed by atoms with van der Waals surface area (Å²) in [4.78, 5) is 14.7. The minimum absolute atomic E-state index is 0.0479. The zero-order valence-electron chi connectivity index (χ0n) is 14.4. The first kappa shape index (κ1) is 16.9. The fraction of sp³-hybridized carbons (Fsp3) is 0.412. The Morgan fingerprint density at radius 2 is 2.35 bits per heavy atom. The Labute approximate surface area is 154 Å². The average molecular weight is 372 g/mol. The fourth-order valence-corrected chi connectivity index (χ4v) is 4.05. The number of piperidine rings is 1. The number of likely N-dealkylation sites (tertiary alicyclic amines) is 1. The lowest BCUT2D eigenvalue weighted by molar-refractivity contribution is 0.0697. The number of aliphatic hydroxyl groups is 1. The lowest BCUT2D eigenvalue weighted by Crippen LogP contribution is -2.40. The van der Waals surface area contributed by atoms with Crippen LogP contribution in [0.5, 0.6) is 0 Å². The van der Waals surface area contributed by atoms with Gasteiger partial charge in [-0.15, -0.1) is 10.2 Å². The number of hydrogen-bond acceptors (Lipinski definition) is 6. The van der Waals surface area contributed by atoms with E-state index in [2.05, 4.69) is 20.4 Å². The van der Waals surface area contributed by atoms with Crippen molar-refractivity contribution in [1.29, 1.82) is 0 Å². The smallest absolute Gasteiger partial charge is 0.271 e. The van der Waals surface area contributed by atoms with Crippen molar-refractivity contribution in [3.8, 4) is 11.3 Å². The van der Waals surface area contributed by atoms with Crippen LogP contribution in [0.1, 0.15) is 40.9 Å². The summed E-state index contributed by atoms with van der Waals surface area (Å²) in [5.74, 6) is 1.42. The number of aromatic amines is 1. The van der Waals surface area contributed by atoms with Gasteiger partial charge in [0.2, 0.25) is 0 Å². The summed E-state index contributed by atoms with van der Waals surface area (Å²) in [5.41, 5.74) is 2.29. The first-order valence-corrected chi connectivity index (χ1v) is 9.48. The molecule has 1 aliphatic rings. The second-order valence-corrected chi connectivity index (χ2v) is 7.24. The molecule has 2 N–H and O–H groups in total. The molecule has 136 valence electrons. The normalized spacial score (nSPS) is 17.6. The van der Waals surface area contributed by atoms with Gasteiger partial charge in [0.15, 0.2) is 5.82 Å². The van der Waals surface area contributed by atoms with Crippen LogP contribution in [0.15, 0.2) is 22.9 Å². The van der Waals surface area contributed by atoms with Crippen LogP contribution in [0, 0.1) is 0 Å². The van der Waals surface area contributed by atoms with Gasteiger partial charge in [-0.05, 0) is 30.4 Å². The van der Waals surface area contributed by atoms with Gasteiger partial charge in [-0.3, -0.25) is 9.89 Å². The summed E-state index contributed by atoms with van der Waals surface area (Å²) in [6.45, 7) is 1.16. The fourth-order valence-electron chi connectivity index (χ4n) is 3.40. The minimum Gasteiger partial charge on any atom is -0.388 e. The third-order valence-electron chi connectivity index (χ3n) is 4.84. The Kier molecular flexibility index (Phi) is 4.56. The molecule has 1 aliphatic heterocycles. The van der Waals surface area contributed by atoms with Crippen molar-refractivity contribution in [2.45, 2.75) is 25.4 Å². The lowest BCUT2D eigenvalue weighted by atomic mass is 9.97. The Bertz CT molecular complexity index is 900. The summed E-state index contributed by atoms with van der Waals surface area (Å²) in [5, 5.41) is 28.6. The highest BCUT2D eigenvalue weighted by molar-refractivity contribution is 7.08. The summed E-state index contributed by atoms with van der Waals surface area (Å²) in [6, 6.07) is 3.79. The molecule has 0 saturated carbocycles. The zero-order valence-corrected chi connectivity index (χ0v) is 15.2. The van der Waals surface area contributed by atoms with E-state index in [1.807, 2.05) is 33.3 Å². The predicted octanol–water partition coefficient (Wildman–Crippen LogP) is 1.78. The molecule has 4 rings (SSSR count). The zero-order chi connectivity index (χ0) is 18.1. The van der Waals surface area contributed by atoms with E-state index in [1.54, 1.807) is 17.4 Å².